The van der Waals surface area contributed by atoms with E-state index in [4.69, 9.17) is 56.1 Å². The number of carbonyl (C=O) groups excluding carboxylic acids is 1. The van der Waals surface area contributed by atoms with Crippen LogP contribution in [0.2, 0.25) is 20.1 Å². The third-order valence-electron chi connectivity index (χ3n) is 8.68. The number of fused-ring (bicyclic) bond motifs is 3. The Morgan fingerprint density at radius 3 is 2.68 bits per heavy atom. The van der Waals surface area contributed by atoms with E-state index in [1.165, 1.54) is 6.08 Å². The first kappa shape index (κ1) is 30.9. The van der Waals surface area contributed by atoms with Gasteiger partial charge in [-0.1, -0.05) is 70.3 Å². The van der Waals surface area contributed by atoms with Gasteiger partial charge in [0.15, 0.2) is 5.52 Å². The quantitative estimate of drug-likeness (QED) is 0.189. The lowest BCUT2D eigenvalue weighted by Crippen LogP contribution is -2.45. The van der Waals surface area contributed by atoms with E-state index in [1.54, 1.807) is 29.2 Å². The average Bonchev–Trinajstić information content (AvgIpc) is 3.65. The number of amides is 1. The van der Waals surface area contributed by atoms with Crippen LogP contribution >= 0.6 is 46.4 Å². The molecule has 228 valence electrons. The first-order valence-corrected chi connectivity index (χ1v) is 15.9. The van der Waals surface area contributed by atoms with Gasteiger partial charge in [-0.3, -0.25) is 4.79 Å². The molecule has 1 amide bonds. The molecule has 0 N–H and O–H groups in total. The van der Waals surface area contributed by atoms with E-state index in [0.717, 1.165) is 19.4 Å². The van der Waals surface area contributed by atoms with E-state index in [2.05, 4.69) is 34.9 Å². The van der Waals surface area contributed by atoms with Crippen molar-refractivity contribution < 1.29 is 9.53 Å². The molecule has 2 aliphatic rings. The van der Waals surface area contributed by atoms with Crippen LogP contribution in [-0.2, 0) is 4.79 Å². The minimum absolute atomic E-state index is 0.161. The number of rotatable bonds is 7. The van der Waals surface area contributed by atoms with Gasteiger partial charge in [0, 0.05) is 35.1 Å². The Labute approximate surface area is 274 Å². The van der Waals surface area contributed by atoms with Crippen LogP contribution < -0.4 is 4.74 Å². The Morgan fingerprint density at radius 1 is 1.14 bits per heavy atom. The summed E-state index contributed by atoms with van der Waals surface area (Å²) in [5.74, 6) is 0.124. The first-order chi connectivity index (χ1) is 21.2. The molecule has 0 spiro atoms. The Morgan fingerprint density at radius 2 is 1.95 bits per heavy atom. The molecule has 4 aromatic rings. The van der Waals surface area contributed by atoms with Crippen molar-refractivity contribution in [3.63, 3.8) is 0 Å². The number of hydrogen-bond donors (Lipinski definition) is 0. The summed E-state index contributed by atoms with van der Waals surface area (Å²) in [5, 5.41) is 20.6. The molecule has 2 aliphatic heterocycles. The van der Waals surface area contributed by atoms with Crippen molar-refractivity contribution in [1.29, 1.82) is 5.26 Å². The van der Waals surface area contributed by atoms with E-state index < -0.39 is 0 Å². The topological polar surface area (TPSA) is 100 Å². The monoisotopic (exact) mass is 671 g/mol. The third-order valence-corrected chi connectivity index (χ3v) is 10.2. The predicted octanol–water partition coefficient (Wildman–Crippen LogP) is 7.36. The average molecular weight is 673 g/mol. The van der Waals surface area contributed by atoms with Crippen molar-refractivity contribution in [3.8, 4) is 23.1 Å². The number of nitrogens with zero attached hydrogens (tertiary/aromatic N) is 7. The number of likely N-dealkylation sites (N-methyl/N-ethyl adjacent to an activating group) is 1. The number of piperidine rings is 1. The molecule has 0 saturated carbocycles. The van der Waals surface area contributed by atoms with Crippen LogP contribution in [0.3, 0.4) is 0 Å². The maximum Gasteiger partial charge on any atom is 0.246 e. The number of carbonyl (C=O) groups is 1. The Balaban J connectivity index is 1.52. The maximum atomic E-state index is 12.5. The molecule has 2 aromatic heterocycles. The predicted molar refractivity (Wildman–Crippen MR) is 174 cm³/mol. The fourth-order valence-electron chi connectivity index (χ4n) is 6.36. The number of ether oxygens (including phenoxy) is 1. The molecule has 6 rings (SSSR count). The van der Waals surface area contributed by atoms with Gasteiger partial charge in [0.2, 0.25) is 11.8 Å². The molecule has 2 saturated heterocycles. The Hall–Kier alpha value is -3.13. The molecule has 0 bridgehead atoms. The minimum Gasteiger partial charge on any atom is -0.474 e. The SMILES string of the molecule is C=CC(=O)N1CC[C@H](n2nnc3c(OC[C@@H]4CCCN4C)nc4c(Cl)c(-c5cccc(Cl)c5Cl)c(Cl)cc4c32)C[C@H]1CC#N. The van der Waals surface area contributed by atoms with Crippen LogP contribution in [0.4, 0.5) is 0 Å². The first-order valence-electron chi connectivity index (χ1n) is 14.4. The van der Waals surface area contributed by atoms with Gasteiger partial charge in [0.05, 0.1) is 44.1 Å². The summed E-state index contributed by atoms with van der Waals surface area (Å²) in [5.41, 5.74) is 2.70. The second-order valence-corrected chi connectivity index (χ2v) is 12.8. The van der Waals surface area contributed by atoms with Crippen molar-refractivity contribution in [2.24, 2.45) is 0 Å². The van der Waals surface area contributed by atoms with Gasteiger partial charge in [-0.05, 0) is 57.5 Å². The van der Waals surface area contributed by atoms with Gasteiger partial charge in [0.1, 0.15) is 12.1 Å². The number of pyridine rings is 1. The highest BCUT2D eigenvalue weighted by Crippen LogP contribution is 2.46. The van der Waals surface area contributed by atoms with Crippen molar-refractivity contribution in [1.82, 2.24) is 29.8 Å². The number of halogens is 4. The van der Waals surface area contributed by atoms with Crippen molar-refractivity contribution >= 4 is 74.2 Å². The molecular weight excluding hydrogens is 644 g/mol. The van der Waals surface area contributed by atoms with E-state index >= 15 is 0 Å². The fourth-order valence-corrected chi connectivity index (χ4v) is 7.46. The summed E-state index contributed by atoms with van der Waals surface area (Å²) in [7, 11) is 2.09. The summed E-state index contributed by atoms with van der Waals surface area (Å²) in [6, 6.07) is 9.08. The molecule has 44 heavy (non-hydrogen) atoms. The third kappa shape index (κ3) is 5.48. The summed E-state index contributed by atoms with van der Waals surface area (Å²) < 4.78 is 8.20. The van der Waals surface area contributed by atoms with Crippen molar-refractivity contribution in [2.45, 2.75) is 50.2 Å². The second-order valence-electron chi connectivity index (χ2n) is 11.2. The number of likely N-dealkylation sites (tertiary alicyclic amines) is 2. The van der Waals surface area contributed by atoms with Gasteiger partial charge in [-0.2, -0.15) is 5.26 Å². The van der Waals surface area contributed by atoms with Gasteiger partial charge >= 0.3 is 0 Å². The van der Waals surface area contributed by atoms with Crippen LogP contribution in [0.15, 0.2) is 36.9 Å². The maximum absolute atomic E-state index is 12.5. The summed E-state index contributed by atoms with van der Waals surface area (Å²) in [6.07, 6.45) is 4.71. The summed E-state index contributed by atoms with van der Waals surface area (Å²) in [4.78, 5) is 21.4. The smallest absolute Gasteiger partial charge is 0.246 e. The molecule has 3 atom stereocenters. The van der Waals surface area contributed by atoms with Crippen molar-refractivity contribution in [2.75, 3.05) is 26.7 Å². The highest BCUT2D eigenvalue weighted by atomic mass is 35.5. The largest absolute Gasteiger partial charge is 0.474 e. The zero-order chi connectivity index (χ0) is 31.1. The lowest BCUT2D eigenvalue weighted by atomic mass is 9.94. The van der Waals surface area contributed by atoms with Gasteiger partial charge in [0.25, 0.3) is 0 Å². The molecule has 0 aliphatic carbocycles. The van der Waals surface area contributed by atoms with E-state index in [0.29, 0.717) is 85.0 Å². The van der Waals surface area contributed by atoms with Crippen LogP contribution in [-0.4, -0.2) is 74.5 Å². The summed E-state index contributed by atoms with van der Waals surface area (Å²) in [6.45, 7) is 5.51. The molecule has 4 heterocycles. The molecule has 0 unspecified atom stereocenters. The molecule has 0 radical (unpaired) electrons. The lowest BCUT2D eigenvalue weighted by Gasteiger charge is -2.38. The van der Waals surface area contributed by atoms with Crippen molar-refractivity contribution in [3.05, 3.63) is 57.0 Å². The van der Waals surface area contributed by atoms with Gasteiger partial charge < -0.3 is 14.5 Å². The second kappa shape index (κ2) is 12.7. The molecule has 2 fully saturated rings. The molecule has 2 aromatic carbocycles. The van der Waals surface area contributed by atoms with Crippen LogP contribution in [0.5, 0.6) is 5.88 Å². The number of hydrogen-bond acceptors (Lipinski definition) is 7. The van der Waals surface area contributed by atoms with Crippen LogP contribution in [0, 0.1) is 11.3 Å². The zero-order valence-electron chi connectivity index (χ0n) is 23.9. The van der Waals surface area contributed by atoms with E-state index in [9.17, 15) is 10.1 Å². The normalized spacial score (nSPS) is 20.7. The van der Waals surface area contributed by atoms with Gasteiger partial charge in [-0.25, -0.2) is 9.67 Å². The molecule has 13 heteroatoms. The lowest BCUT2D eigenvalue weighted by molar-refractivity contribution is -0.130. The molecular formula is C31H29Cl4N7O2. The Kier molecular flexibility index (Phi) is 8.91. The zero-order valence-corrected chi connectivity index (χ0v) is 27.0. The van der Waals surface area contributed by atoms with Crippen LogP contribution in [0.1, 0.15) is 38.1 Å². The Bertz CT molecular complexity index is 1820. The summed E-state index contributed by atoms with van der Waals surface area (Å²) >= 11 is 27.0. The number of nitriles is 1. The highest BCUT2D eigenvalue weighted by molar-refractivity contribution is 6.47. The van der Waals surface area contributed by atoms with Gasteiger partial charge in [-0.15, -0.1) is 5.10 Å². The molecule has 9 nitrogen and oxygen atoms in total. The van der Waals surface area contributed by atoms with E-state index in [-0.39, 0.29) is 30.5 Å². The van der Waals surface area contributed by atoms with E-state index in [1.807, 2.05) is 4.68 Å². The highest BCUT2D eigenvalue weighted by Gasteiger charge is 2.34. The standard InChI is InChI=1S/C31H29Cl4N7O2/c1-3-24(43)41-13-10-18(14-17(41)9-11-36)42-30-21-15-23(33)25(20-7-4-8-22(32)26(20)34)27(35)28(21)37-31(29(30)38-39-42)44-16-19-6-5-12-40(19)2/h3-4,7-8,15,17-19H,1,5-6,9-10,12-14,16H2,2H3/t17-,18+,19+/m1/s1. The fraction of sp³-hybridized carbons (Fsp3) is 0.387. The van der Waals surface area contributed by atoms with Crippen LogP contribution in [0.25, 0.3) is 33.1 Å². The number of aromatic nitrogens is 4. The number of benzene rings is 2. The minimum atomic E-state index is -0.297.